The van der Waals surface area contributed by atoms with Crippen LogP contribution in [0.5, 0.6) is 0 Å². The monoisotopic (exact) mass is 351 g/mol. The van der Waals surface area contributed by atoms with Gasteiger partial charge in [0, 0.05) is 29.4 Å². The molecule has 0 unspecified atom stereocenters. The SMILES string of the molecule is Cc1sc2ncnc(N3CCC(C(=O)c4ccccc4)CC3)c2c1C. The Kier molecular flexibility index (Phi) is 4.25. The van der Waals surface area contributed by atoms with Crippen molar-refractivity contribution >= 4 is 33.2 Å². The van der Waals surface area contributed by atoms with Crippen molar-refractivity contribution in [3.05, 3.63) is 52.7 Å². The van der Waals surface area contributed by atoms with E-state index in [1.165, 1.54) is 15.8 Å². The molecule has 4 nitrogen and oxygen atoms in total. The Labute approximate surface area is 151 Å². The molecule has 4 rings (SSSR count). The molecule has 1 aromatic carbocycles. The van der Waals surface area contributed by atoms with Crippen molar-refractivity contribution in [3.63, 3.8) is 0 Å². The fraction of sp³-hybridized carbons (Fsp3) is 0.350. The highest BCUT2D eigenvalue weighted by atomic mass is 32.1. The van der Waals surface area contributed by atoms with Gasteiger partial charge in [0.05, 0.1) is 5.39 Å². The number of hydrogen-bond acceptors (Lipinski definition) is 5. The van der Waals surface area contributed by atoms with Gasteiger partial charge in [-0.25, -0.2) is 9.97 Å². The van der Waals surface area contributed by atoms with Crippen LogP contribution in [0.2, 0.25) is 0 Å². The highest BCUT2D eigenvalue weighted by molar-refractivity contribution is 7.18. The van der Waals surface area contributed by atoms with Crippen LogP contribution in [0.1, 0.15) is 33.6 Å². The number of anilines is 1. The maximum atomic E-state index is 12.7. The van der Waals surface area contributed by atoms with Crippen LogP contribution in [-0.4, -0.2) is 28.8 Å². The van der Waals surface area contributed by atoms with Gasteiger partial charge in [0.25, 0.3) is 0 Å². The largest absolute Gasteiger partial charge is 0.356 e. The van der Waals surface area contributed by atoms with E-state index < -0.39 is 0 Å². The number of carbonyl (C=O) groups is 1. The second-order valence-corrected chi connectivity index (χ2v) is 7.86. The van der Waals surface area contributed by atoms with E-state index in [2.05, 4.69) is 28.7 Å². The maximum absolute atomic E-state index is 12.7. The zero-order valence-electron chi connectivity index (χ0n) is 14.5. The lowest BCUT2D eigenvalue weighted by molar-refractivity contribution is 0.0900. The minimum absolute atomic E-state index is 0.112. The normalized spacial score (nSPS) is 15.7. The molecule has 0 radical (unpaired) electrons. The van der Waals surface area contributed by atoms with Crippen LogP contribution in [0.15, 0.2) is 36.7 Å². The average molecular weight is 351 g/mol. The lowest BCUT2D eigenvalue weighted by Crippen LogP contribution is -2.37. The highest BCUT2D eigenvalue weighted by Gasteiger charge is 2.27. The molecule has 0 bridgehead atoms. The Morgan fingerprint density at radius 1 is 1.12 bits per heavy atom. The Morgan fingerprint density at radius 2 is 1.84 bits per heavy atom. The average Bonchev–Trinajstić information content (AvgIpc) is 2.96. The highest BCUT2D eigenvalue weighted by Crippen LogP contribution is 2.35. The molecule has 128 valence electrons. The van der Waals surface area contributed by atoms with E-state index in [1.807, 2.05) is 30.3 Å². The van der Waals surface area contributed by atoms with Crippen LogP contribution in [0.25, 0.3) is 10.2 Å². The third-order valence-electron chi connectivity index (χ3n) is 5.17. The third-order valence-corrected chi connectivity index (χ3v) is 6.28. The molecular formula is C20H21N3OS. The maximum Gasteiger partial charge on any atom is 0.166 e. The summed E-state index contributed by atoms with van der Waals surface area (Å²) in [5.41, 5.74) is 2.10. The van der Waals surface area contributed by atoms with Gasteiger partial charge < -0.3 is 4.90 Å². The number of hydrogen-bond donors (Lipinski definition) is 0. The van der Waals surface area contributed by atoms with Gasteiger partial charge in [0.1, 0.15) is 17.0 Å². The van der Waals surface area contributed by atoms with Gasteiger partial charge in [-0.2, -0.15) is 0 Å². The van der Waals surface area contributed by atoms with Gasteiger partial charge in [0.15, 0.2) is 5.78 Å². The first-order valence-electron chi connectivity index (χ1n) is 8.70. The van der Waals surface area contributed by atoms with Crippen LogP contribution in [0.4, 0.5) is 5.82 Å². The number of Topliss-reactive ketones (excluding diaryl/α,β-unsaturated/α-hetero) is 1. The van der Waals surface area contributed by atoms with Crippen molar-refractivity contribution in [2.24, 2.45) is 5.92 Å². The Morgan fingerprint density at radius 3 is 2.56 bits per heavy atom. The summed E-state index contributed by atoms with van der Waals surface area (Å²) in [4.78, 5) is 26.3. The number of aryl methyl sites for hydroxylation is 2. The van der Waals surface area contributed by atoms with E-state index in [4.69, 9.17) is 0 Å². The first-order chi connectivity index (χ1) is 12.1. The topological polar surface area (TPSA) is 46.1 Å². The third kappa shape index (κ3) is 2.93. The summed E-state index contributed by atoms with van der Waals surface area (Å²) in [6.07, 6.45) is 3.41. The molecule has 25 heavy (non-hydrogen) atoms. The summed E-state index contributed by atoms with van der Waals surface area (Å²) in [6.45, 7) is 6.01. The van der Waals surface area contributed by atoms with Gasteiger partial charge in [-0.15, -0.1) is 11.3 Å². The van der Waals surface area contributed by atoms with Crippen molar-refractivity contribution in [1.82, 2.24) is 9.97 Å². The first kappa shape index (κ1) is 16.2. The number of thiophene rings is 1. The number of piperidine rings is 1. The lowest BCUT2D eigenvalue weighted by Gasteiger charge is -2.32. The zero-order valence-corrected chi connectivity index (χ0v) is 15.3. The number of carbonyl (C=O) groups excluding carboxylic acids is 1. The van der Waals surface area contributed by atoms with Crippen LogP contribution in [0, 0.1) is 19.8 Å². The quantitative estimate of drug-likeness (QED) is 0.656. The van der Waals surface area contributed by atoms with E-state index in [9.17, 15) is 4.79 Å². The predicted octanol–water partition coefficient (Wildman–Crippen LogP) is 4.41. The zero-order chi connectivity index (χ0) is 17.4. The molecule has 5 heteroatoms. The number of rotatable bonds is 3. The molecular weight excluding hydrogens is 330 g/mol. The number of ketones is 1. The van der Waals surface area contributed by atoms with Gasteiger partial charge in [-0.1, -0.05) is 30.3 Å². The summed E-state index contributed by atoms with van der Waals surface area (Å²) in [7, 11) is 0. The molecule has 0 spiro atoms. The molecule has 3 aromatic rings. The van der Waals surface area contributed by atoms with Crippen molar-refractivity contribution < 1.29 is 4.79 Å². The molecule has 0 saturated carbocycles. The van der Waals surface area contributed by atoms with E-state index in [0.29, 0.717) is 0 Å². The van der Waals surface area contributed by atoms with Crippen molar-refractivity contribution in [3.8, 4) is 0 Å². The fourth-order valence-electron chi connectivity index (χ4n) is 3.60. The summed E-state index contributed by atoms with van der Waals surface area (Å²) in [5, 5.41) is 1.18. The summed E-state index contributed by atoms with van der Waals surface area (Å²) < 4.78 is 0. The van der Waals surface area contributed by atoms with E-state index in [1.54, 1.807) is 17.7 Å². The molecule has 1 fully saturated rings. The molecule has 0 aliphatic carbocycles. The van der Waals surface area contributed by atoms with E-state index in [0.717, 1.165) is 42.1 Å². The van der Waals surface area contributed by atoms with Gasteiger partial charge in [0.2, 0.25) is 0 Å². The molecule has 0 amide bonds. The van der Waals surface area contributed by atoms with Crippen LogP contribution < -0.4 is 4.90 Å². The minimum atomic E-state index is 0.112. The minimum Gasteiger partial charge on any atom is -0.356 e. The fourth-order valence-corrected chi connectivity index (χ4v) is 4.59. The molecule has 1 saturated heterocycles. The van der Waals surface area contributed by atoms with Gasteiger partial charge >= 0.3 is 0 Å². The van der Waals surface area contributed by atoms with E-state index in [-0.39, 0.29) is 11.7 Å². The number of aromatic nitrogens is 2. The summed E-state index contributed by atoms with van der Waals surface area (Å²) in [5.74, 6) is 1.41. The lowest BCUT2D eigenvalue weighted by atomic mass is 9.89. The molecule has 3 heterocycles. The smallest absolute Gasteiger partial charge is 0.166 e. The molecule has 1 aliphatic rings. The second-order valence-electron chi connectivity index (χ2n) is 6.65. The summed E-state index contributed by atoms with van der Waals surface area (Å²) >= 11 is 1.73. The second kappa shape index (κ2) is 6.56. The Bertz CT molecular complexity index is 911. The van der Waals surface area contributed by atoms with Gasteiger partial charge in [-0.3, -0.25) is 4.79 Å². The number of nitrogens with zero attached hydrogens (tertiary/aromatic N) is 3. The standard InChI is InChI=1S/C20H21N3OS/c1-13-14(2)25-20-17(13)19(21-12-22-20)23-10-8-16(9-11-23)18(24)15-6-4-3-5-7-15/h3-7,12,16H,8-11H2,1-2H3. The molecule has 0 atom stereocenters. The summed E-state index contributed by atoms with van der Waals surface area (Å²) in [6, 6.07) is 9.65. The van der Waals surface area contributed by atoms with Gasteiger partial charge in [-0.05, 0) is 32.3 Å². The van der Waals surface area contributed by atoms with Crippen molar-refractivity contribution in [2.45, 2.75) is 26.7 Å². The molecule has 1 aliphatic heterocycles. The van der Waals surface area contributed by atoms with Crippen LogP contribution in [-0.2, 0) is 0 Å². The van der Waals surface area contributed by atoms with Crippen LogP contribution in [0.3, 0.4) is 0 Å². The van der Waals surface area contributed by atoms with Crippen molar-refractivity contribution in [1.29, 1.82) is 0 Å². The Balaban J connectivity index is 1.54. The van der Waals surface area contributed by atoms with E-state index >= 15 is 0 Å². The predicted molar refractivity (Wildman–Crippen MR) is 103 cm³/mol. The van der Waals surface area contributed by atoms with Crippen LogP contribution >= 0.6 is 11.3 Å². The molecule has 0 N–H and O–H groups in total. The van der Waals surface area contributed by atoms with Crippen molar-refractivity contribution in [2.75, 3.05) is 18.0 Å². The number of fused-ring (bicyclic) bond motifs is 1. The molecule has 2 aromatic heterocycles. The number of benzene rings is 1. The Hall–Kier alpha value is -2.27. The first-order valence-corrected chi connectivity index (χ1v) is 9.51.